The zero-order valence-electron chi connectivity index (χ0n) is 16.5. The molecule has 0 fully saturated rings. The molecule has 0 aliphatic heterocycles. The summed E-state index contributed by atoms with van der Waals surface area (Å²) < 4.78 is 16.3. The first kappa shape index (κ1) is 19.3. The van der Waals surface area contributed by atoms with Crippen molar-refractivity contribution in [2.24, 2.45) is 0 Å². The summed E-state index contributed by atoms with van der Waals surface area (Å²) in [4.78, 5) is 25.9. The molecule has 0 aliphatic rings. The number of nitrogens with zero attached hydrogens (tertiary/aromatic N) is 4. The minimum atomic E-state index is -0.249. The second-order valence-electron chi connectivity index (χ2n) is 6.41. The predicted octanol–water partition coefficient (Wildman–Crippen LogP) is 2.74. The lowest BCUT2D eigenvalue weighted by Gasteiger charge is -2.13. The highest BCUT2D eigenvalue weighted by Crippen LogP contribution is 2.29. The summed E-state index contributed by atoms with van der Waals surface area (Å²) in [6.45, 7) is 7.41. The predicted molar refractivity (Wildman–Crippen MR) is 113 cm³/mol. The van der Waals surface area contributed by atoms with Crippen LogP contribution in [0.15, 0.2) is 39.2 Å². The summed E-state index contributed by atoms with van der Waals surface area (Å²) in [5, 5.41) is 6.22. The van der Waals surface area contributed by atoms with E-state index in [0.717, 1.165) is 5.56 Å². The monoisotopic (exact) mass is 414 g/mol. The molecule has 0 saturated carbocycles. The summed E-state index contributed by atoms with van der Waals surface area (Å²) >= 11 is 1.32. The lowest BCUT2D eigenvalue weighted by Crippen LogP contribution is -2.26. The Bertz CT molecular complexity index is 1300. The van der Waals surface area contributed by atoms with E-state index < -0.39 is 0 Å². The molecule has 152 valence electrons. The maximum Gasteiger partial charge on any atom is 0.352 e. The van der Waals surface area contributed by atoms with Crippen LogP contribution in [0.5, 0.6) is 11.5 Å². The Morgan fingerprint density at radius 3 is 2.52 bits per heavy atom. The van der Waals surface area contributed by atoms with E-state index >= 15 is 0 Å². The summed E-state index contributed by atoms with van der Waals surface area (Å²) in [5.41, 5.74) is 1.04. The molecule has 4 aromatic rings. The Hall–Kier alpha value is -3.07. The van der Waals surface area contributed by atoms with Crippen LogP contribution < -0.4 is 20.7 Å². The Morgan fingerprint density at radius 1 is 1.03 bits per heavy atom. The molecular weight excluding hydrogens is 392 g/mol. The minimum absolute atomic E-state index is 0.164. The number of fused-ring (bicyclic) bond motifs is 3. The molecule has 0 radical (unpaired) electrons. The second kappa shape index (κ2) is 7.75. The normalized spacial score (nSPS) is 11.4. The van der Waals surface area contributed by atoms with Gasteiger partial charge >= 0.3 is 5.69 Å². The number of thiophene rings is 1. The standard InChI is InChI=1S/C20H22N4O4S/c1-4-23-20(26)24-14-9-10-29-17(14)18(25)22(19(24)21-23)12-13-7-8-15(27-5-2)16(11-13)28-6-3/h7-11H,4-6,12H2,1-3H3. The second-order valence-corrected chi connectivity index (χ2v) is 7.32. The molecule has 9 heteroatoms. The van der Waals surface area contributed by atoms with E-state index in [4.69, 9.17) is 9.47 Å². The number of hydrogen-bond acceptors (Lipinski definition) is 6. The molecule has 3 aromatic heterocycles. The van der Waals surface area contributed by atoms with Gasteiger partial charge in [-0.25, -0.2) is 13.9 Å². The molecule has 1 aromatic carbocycles. The van der Waals surface area contributed by atoms with Crippen LogP contribution in [0.25, 0.3) is 16.0 Å². The van der Waals surface area contributed by atoms with Gasteiger partial charge in [-0.3, -0.25) is 9.36 Å². The van der Waals surface area contributed by atoms with Crippen LogP contribution in [0.4, 0.5) is 0 Å². The highest BCUT2D eigenvalue weighted by Gasteiger charge is 2.18. The fraction of sp³-hybridized carbons (Fsp3) is 0.350. The van der Waals surface area contributed by atoms with E-state index in [1.807, 2.05) is 44.4 Å². The Labute approximate surface area is 170 Å². The zero-order chi connectivity index (χ0) is 20.5. The van der Waals surface area contributed by atoms with Gasteiger partial charge in [0.15, 0.2) is 11.5 Å². The van der Waals surface area contributed by atoms with E-state index in [1.54, 1.807) is 6.07 Å². The van der Waals surface area contributed by atoms with E-state index in [9.17, 15) is 9.59 Å². The van der Waals surface area contributed by atoms with Crippen molar-refractivity contribution in [3.63, 3.8) is 0 Å². The van der Waals surface area contributed by atoms with Gasteiger partial charge in [-0.15, -0.1) is 16.4 Å². The van der Waals surface area contributed by atoms with Crippen molar-refractivity contribution in [2.75, 3.05) is 13.2 Å². The molecule has 0 bridgehead atoms. The van der Waals surface area contributed by atoms with Gasteiger partial charge in [0, 0.05) is 6.54 Å². The van der Waals surface area contributed by atoms with Crippen molar-refractivity contribution in [1.29, 1.82) is 0 Å². The summed E-state index contributed by atoms with van der Waals surface area (Å²) in [7, 11) is 0. The number of hydrogen-bond donors (Lipinski definition) is 0. The third-order valence-electron chi connectivity index (χ3n) is 4.64. The van der Waals surface area contributed by atoms with Crippen molar-refractivity contribution in [2.45, 2.75) is 33.9 Å². The molecule has 0 saturated heterocycles. The van der Waals surface area contributed by atoms with E-state index in [-0.39, 0.29) is 17.8 Å². The van der Waals surface area contributed by atoms with Crippen LogP contribution in [0.3, 0.4) is 0 Å². The lowest BCUT2D eigenvalue weighted by molar-refractivity contribution is 0.287. The summed E-state index contributed by atoms with van der Waals surface area (Å²) in [6.07, 6.45) is 0. The van der Waals surface area contributed by atoms with Gasteiger partial charge in [-0.1, -0.05) is 6.07 Å². The zero-order valence-corrected chi connectivity index (χ0v) is 17.4. The molecule has 4 rings (SSSR count). The lowest BCUT2D eigenvalue weighted by atomic mass is 10.2. The van der Waals surface area contributed by atoms with Crippen molar-refractivity contribution >= 4 is 27.3 Å². The molecule has 0 atom stereocenters. The SMILES string of the molecule is CCOc1ccc(Cn2c(=O)c3sccc3n3c(=O)n(CC)nc23)cc1OCC. The fourth-order valence-corrected chi connectivity index (χ4v) is 4.18. The topological polar surface area (TPSA) is 79.8 Å². The van der Waals surface area contributed by atoms with Crippen molar-refractivity contribution in [3.05, 3.63) is 56.0 Å². The molecule has 0 amide bonds. The highest BCUT2D eigenvalue weighted by molar-refractivity contribution is 7.17. The Balaban J connectivity index is 1.90. The quantitative estimate of drug-likeness (QED) is 0.465. The van der Waals surface area contributed by atoms with Crippen molar-refractivity contribution < 1.29 is 9.47 Å². The number of aryl methyl sites for hydroxylation is 1. The van der Waals surface area contributed by atoms with Crippen LogP contribution in [0.2, 0.25) is 0 Å². The average Bonchev–Trinajstić information content (AvgIpc) is 3.32. The first-order valence-electron chi connectivity index (χ1n) is 9.57. The average molecular weight is 414 g/mol. The largest absolute Gasteiger partial charge is 0.490 e. The van der Waals surface area contributed by atoms with Gasteiger partial charge in [-0.05, 0) is 49.9 Å². The van der Waals surface area contributed by atoms with Crippen LogP contribution in [0, 0.1) is 0 Å². The molecular formula is C20H22N4O4S. The maximum absolute atomic E-state index is 13.1. The number of benzene rings is 1. The van der Waals surface area contributed by atoms with Crippen molar-refractivity contribution in [1.82, 2.24) is 18.7 Å². The van der Waals surface area contributed by atoms with Crippen LogP contribution in [-0.2, 0) is 13.1 Å². The van der Waals surface area contributed by atoms with Crippen LogP contribution >= 0.6 is 11.3 Å². The van der Waals surface area contributed by atoms with Crippen LogP contribution in [-0.4, -0.2) is 32.0 Å². The van der Waals surface area contributed by atoms with Gasteiger partial charge in [0.25, 0.3) is 5.56 Å². The molecule has 29 heavy (non-hydrogen) atoms. The van der Waals surface area contributed by atoms with Gasteiger partial charge in [0.1, 0.15) is 4.70 Å². The van der Waals surface area contributed by atoms with E-state index in [2.05, 4.69) is 5.10 Å². The minimum Gasteiger partial charge on any atom is -0.490 e. The van der Waals surface area contributed by atoms with E-state index in [0.29, 0.717) is 47.3 Å². The Morgan fingerprint density at radius 2 is 1.79 bits per heavy atom. The maximum atomic E-state index is 13.1. The smallest absolute Gasteiger partial charge is 0.352 e. The fourth-order valence-electron chi connectivity index (χ4n) is 3.36. The third-order valence-corrected chi connectivity index (χ3v) is 5.53. The number of rotatable bonds is 7. The van der Waals surface area contributed by atoms with Gasteiger partial charge in [0.2, 0.25) is 5.78 Å². The first-order valence-corrected chi connectivity index (χ1v) is 10.4. The molecule has 8 nitrogen and oxygen atoms in total. The number of ether oxygens (including phenoxy) is 2. The Kier molecular flexibility index (Phi) is 5.14. The van der Waals surface area contributed by atoms with Gasteiger partial charge < -0.3 is 9.47 Å². The molecule has 0 aliphatic carbocycles. The van der Waals surface area contributed by atoms with E-state index in [1.165, 1.54) is 25.0 Å². The molecule has 0 spiro atoms. The molecule has 0 unspecified atom stereocenters. The van der Waals surface area contributed by atoms with Crippen LogP contribution in [0.1, 0.15) is 26.3 Å². The summed E-state index contributed by atoms with van der Waals surface area (Å²) in [5.74, 6) is 1.62. The molecule has 0 N–H and O–H groups in total. The van der Waals surface area contributed by atoms with Crippen molar-refractivity contribution in [3.8, 4) is 11.5 Å². The molecule has 3 heterocycles. The summed E-state index contributed by atoms with van der Waals surface area (Å²) in [6, 6.07) is 7.38. The first-order chi connectivity index (χ1) is 14.1. The van der Waals surface area contributed by atoms with Gasteiger partial charge in [-0.2, -0.15) is 0 Å². The van der Waals surface area contributed by atoms with Gasteiger partial charge in [0.05, 0.1) is 25.3 Å². The number of aromatic nitrogens is 4. The third kappa shape index (κ3) is 3.21. The highest BCUT2D eigenvalue weighted by atomic mass is 32.1.